The van der Waals surface area contributed by atoms with E-state index in [0.29, 0.717) is 16.4 Å². The standard InChI is InChI=1S/C14H12ClN5O/c1-8-7-9(2)20-14(16-8)18-13(19-20)17-12(21)10-3-5-11(15)6-4-10/h3-7H,1-2H3,(H,17,19,21). The van der Waals surface area contributed by atoms with Gasteiger partial charge in [0.25, 0.3) is 17.6 Å². The van der Waals surface area contributed by atoms with E-state index in [1.807, 2.05) is 19.9 Å². The van der Waals surface area contributed by atoms with Gasteiger partial charge in [0.2, 0.25) is 0 Å². The SMILES string of the molecule is Cc1cc(C)n2nc(NC(=O)c3ccc(Cl)cc3)nc2n1. The highest BCUT2D eigenvalue weighted by Gasteiger charge is 2.12. The molecule has 0 atom stereocenters. The Morgan fingerprint density at radius 3 is 2.62 bits per heavy atom. The number of carbonyl (C=O) groups is 1. The van der Waals surface area contributed by atoms with Crippen molar-refractivity contribution >= 4 is 29.2 Å². The van der Waals surface area contributed by atoms with Crippen LogP contribution in [0.1, 0.15) is 21.7 Å². The van der Waals surface area contributed by atoms with E-state index in [9.17, 15) is 4.79 Å². The third kappa shape index (κ3) is 2.71. The van der Waals surface area contributed by atoms with Crippen LogP contribution in [0.5, 0.6) is 0 Å². The fourth-order valence-electron chi connectivity index (χ4n) is 1.99. The first-order valence-corrected chi connectivity index (χ1v) is 6.69. The molecule has 0 aliphatic carbocycles. The van der Waals surface area contributed by atoms with Gasteiger partial charge < -0.3 is 0 Å². The number of fused-ring (bicyclic) bond motifs is 1. The zero-order chi connectivity index (χ0) is 15.0. The van der Waals surface area contributed by atoms with Gasteiger partial charge in [0.05, 0.1) is 0 Å². The predicted octanol–water partition coefficient (Wildman–Crippen LogP) is 2.65. The maximum Gasteiger partial charge on any atom is 0.258 e. The fraction of sp³-hybridized carbons (Fsp3) is 0.143. The van der Waals surface area contributed by atoms with Gasteiger partial charge in [-0.2, -0.15) is 9.50 Å². The predicted molar refractivity (Wildman–Crippen MR) is 79.7 cm³/mol. The summed E-state index contributed by atoms with van der Waals surface area (Å²) >= 11 is 5.79. The van der Waals surface area contributed by atoms with E-state index in [0.717, 1.165) is 11.4 Å². The molecule has 3 rings (SSSR count). The van der Waals surface area contributed by atoms with Gasteiger partial charge in [0, 0.05) is 22.0 Å². The number of carbonyl (C=O) groups excluding carboxylic acids is 1. The lowest BCUT2D eigenvalue weighted by atomic mass is 10.2. The minimum Gasteiger partial charge on any atom is -0.289 e. The zero-order valence-corrected chi connectivity index (χ0v) is 12.2. The van der Waals surface area contributed by atoms with Crippen LogP contribution in [-0.4, -0.2) is 25.5 Å². The van der Waals surface area contributed by atoms with Crippen LogP contribution in [0.25, 0.3) is 5.78 Å². The Kier molecular flexibility index (Phi) is 3.31. The van der Waals surface area contributed by atoms with Crippen LogP contribution in [0.4, 0.5) is 5.95 Å². The second kappa shape index (κ2) is 5.14. The molecule has 0 saturated carbocycles. The molecule has 7 heteroatoms. The molecule has 1 aromatic carbocycles. The number of hydrogen-bond donors (Lipinski definition) is 1. The quantitative estimate of drug-likeness (QED) is 0.790. The Morgan fingerprint density at radius 1 is 1.19 bits per heavy atom. The van der Waals surface area contributed by atoms with E-state index in [4.69, 9.17) is 11.6 Å². The van der Waals surface area contributed by atoms with Crippen molar-refractivity contribution < 1.29 is 4.79 Å². The number of aromatic nitrogens is 4. The number of nitrogens with zero attached hydrogens (tertiary/aromatic N) is 4. The Morgan fingerprint density at radius 2 is 1.90 bits per heavy atom. The first kappa shape index (κ1) is 13.5. The molecule has 2 heterocycles. The van der Waals surface area contributed by atoms with Crippen LogP contribution in [-0.2, 0) is 0 Å². The molecule has 1 N–H and O–H groups in total. The second-order valence-corrected chi connectivity index (χ2v) is 5.08. The number of anilines is 1. The average molecular weight is 302 g/mol. The number of halogens is 1. The fourth-order valence-corrected chi connectivity index (χ4v) is 2.12. The van der Waals surface area contributed by atoms with Crippen molar-refractivity contribution in [2.75, 3.05) is 5.32 Å². The Balaban J connectivity index is 1.89. The third-order valence-electron chi connectivity index (χ3n) is 2.95. The van der Waals surface area contributed by atoms with Crippen LogP contribution in [0.2, 0.25) is 5.02 Å². The molecule has 0 spiro atoms. The van der Waals surface area contributed by atoms with Crippen molar-refractivity contribution in [1.29, 1.82) is 0 Å². The third-order valence-corrected chi connectivity index (χ3v) is 3.20. The van der Waals surface area contributed by atoms with Crippen molar-refractivity contribution in [1.82, 2.24) is 19.6 Å². The minimum atomic E-state index is -0.294. The van der Waals surface area contributed by atoms with Crippen molar-refractivity contribution in [2.24, 2.45) is 0 Å². The maximum absolute atomic E-state index is 12.1. The smallest absolute Gasteiger partial charge is 0.258 e. The Hall–Kier alpha value is -2.47. The number of rotatable bonds is 2. The lowest BCUT2D eigenvalue weighted by Gasteiger charge is -2.00. The van der Waals surface area contributed by atoms with Crippen LogP contribution in [0, 0.1) is 13.8 Å². The largest absolute Gasteiger partial charge is 0.289 e. The summed E-state index contributed by atoms with van der Waals surface area (Å²) in [6.45, 7) is 3.79. The van der Waals surface area contributed by atoms with Crippen molar-refractivity contribution in [2.45, 2.75) is 13.8 Å². The summed E-state index contributed by atoms with van der Waals surface area (Å²) in [7, 11) is 0. The summed E-state index contributed by atoms with van der Waals surface area (Å²) in [5, 5.41) is 7.45. The van der Waals surface area contributed by atoms with Gasteiger partial charge in [-0.1, -0.05) is 11.6 Å². The second-order valence-electron chi connectivity index (χ2n) is 4.65. The molecule has 6 nitrogen and oxygen atoms in total. The lowest BCUT2D eigenvalue weighted by Crippen LogP contribution is -2.12. The van der Waals surface area contributed by atoms with E-state index in [-0.39, 0.29) is 11.9 Å². The van der Waals surface area contributed by atoms with Gasteiger partial charge in [-0.3, -0.25) is 10.1 Å². The molecule has 1 amide bonds. The summed E-state index contributed by atoms with van der Waals surface area (Å²) in [6, 6.07) is 8.49. The van der Waals surface area contributed by atoms with Crippen molar-refractivity contribution in [3.8, 4) is 0 Å². The molecule has 0 radical (unpaired) electrons. The summed E-state index contributed by atoms with van der Waals surface area (Å²) < 4.78 is 1.59. The van der Waals surface area contributed by atoms with Gasteiger partial charge in [0.1, 0.15) is 0 Å². The highest BCUT2D eigenvalue weighted by Crippen LogP contribution is 2.12. The summed E-state index contributed by atoms with van der Waals surface area (Å²) in [6.07, 6.45) is 0. The van der Waals surface area contributed by atoms with E-state index < -0.39 is 0 Å². The van der Waals surface area contributed by atoms with Crippen LogP contribution >= 0.6 is 11.6 Å². The monoisotopic (exact) mass is 301 g/mol. The maximum atomic E-state index is 12.1. The Labute approximate surface area is 125 Å². The van der Waals surface area contributed by atoms with Gasteiger partial charge >= 0.3 is 0 Å². The molecule has 0 aliphatic heterocycles. The van der Waals surface area contributed by atoms with E-state index in [1.54, 1.807) is 28.8 Å². The zero-order valence-electron chi connectivity index (χ0n) is 11.5. The molecule has 21 heavy (non-hydrogen) atoms. The molecular weight excluding hydrogens is 290 g/mol. The summed E-state index contributed by atoms with van der Waals surface area (Å²) in [5.41, 5.74) is 2.24. The molecule has 0 bridgehead atoms. The molecule has 0 saturated heterocycles. The number of aryl methyl sites for hydroxylation is 2. The molecule has 2 aromatic heterocycles. The van der Waals surface area contributed by atoms with Crippen molar-refractivity contribution in [3.05, 3.63) is 52.3 Å². The molecule has 0 fully saturated rings. The van der Waals surface area contributed by atoms with Gasteiger partial charge in [0.15, 0.2) is 0 Å². The topological polar surface area (TPSA) is 72.2 Å². The summed E-state index contributed by atoms with van der Waals surface area (Å²) in [5.74, 6) is 0.381. The molecule has 0 unspecified atom stereocenters. The van der Waals surface area contributed by atoms with Gasteiger partial charge in [-0.25, -0.2) is 4.98 Å². The van der Waals surface area contributed by atoms with Crippen LogP contribution < -0.4 is 5.32 Å². The first-order chi connectivity index (χ1) is 10.0. The minimum absolute atomic E-state index is 0.219. The molecule has 3 aromatic rings. The van der Waals surface area contributed by atoms with Crippen molar-refractivity contribution in [3.63, 3.8) is 0 Å². The van der Waals surface area contributed by atoms with E-state index in [1.165, 1.54) is 0 Å². The van der Waals surface area contributed by atoms with E-state index >= 15 is 0 Å². The highest BCUT2D eigenvalue weighted by atomic mass is 35.5. The van der Waals surface area contributed by atoms with Gasteiger partial charge in [-0.15, -0.1) is 5.10 Å². The first-order valence-electron chi connectivity index (χ1n) is 6.31. The van der Waals surface area contributed by atoms with E-state index in [2.05, 4.69) is 20.4 Å². The molecular formula is C14H12ClN5O. The van der Waals surface area contributed by atoms with Crippen LogP contribution in [0.3, 0.4) is 0 Å². The van der Waals surface area contributed by atoms with Gasteiger partial charge in [-0.05, 0) is 44.2 Å². The molecule has 0 aliphatic rings. The molecule has 106 valence electrons. The number of hydrogen-bond acceptors (Lipinski definition) is 4. The summed E-state index contributed by atoms with van der Waals surface area (Å²) in [4.78, 5) is 20.6. The normalized spacial score (nSPS) is 10.8. The van der Waals surface area contributed by atoms with Crippen LogP contribution in [0.15, 0.2) is 30.3 Å². The highest BCUT2D eigenvalue weighted by molar-refractivity contribution is 6.30. The number of amides is 1. The number of benzene rings is 1. The Bertz CT molecular complexity index is 825. The lowest BCUT2D eigenvalue weighted by molar-refractivity contribution is 0.102. The number of nitrogens with one attached hydrogen (secondary N) is 1. The average Bonchev–Trinajstić information content (AvgIpc) is 2.82.